The number of ether oxygens (including phenoxy) is 2. The number of amides is 2. The third-order valence-corrected chi connectivity index (χ3v) is 5.54. The van der Waals surface area contributed by atoms with Crippen LogP contribution in [0, 0.1) is 5.92 Å². The Labute approximate surface area is 176 Å². The Morgan fingerprint density at radius 3 is 2.58 bits per heavy atom. The quantitative estimate of drug-likeness (QED) is 0.742. The minimum Gasteiger partial charge on any atom is -0.495 e. The van der Waals surface area contributed by atoms with Crippen LogP contribution in [-0.2, 0) is 9.53 Å². The molecule has 0 unspecified atom stereocenters. The predicted molar refractivity (Wildman–Crippen MR) is 103 cm³/mol. The van der Waals surface area contributed by atoms with E-state index in [1.807, 2.05) is 0 Å². The molecule has 2 aromatic rings. The van der Waals surface area contributed by atoms with Crippen molar-refractivity contribution in [3.05, 3.63) is 48.0 Å². The van der Waals surface area contributed by atoms with Crippen LogP contribution in [0.4, 0.5) is 18.9 Å². The molecule has 1 saturated heterocycles. The largest absolute Gasteiger partial charge is 0.495 e. The van der Waals surface area contributed by atoms with Crippen molar-refractivity contribution < 1.29 is 32.2 Å². The maximum atomic E-state index is 13.9. The summed E-state index contributed by atoms with van der Waals surface area (Å²) in [7, 11) is 1.36. The lowest BCUT2D eigenvalue weighted by molar-refractivity contribution is -0.272. The second-order valence-corrected chi connectivity index (χ2v) is 7.33. The first-order chi connectivity index (χ1) is 14.5. The molecule has 0 bridgehead atoms. The fourth-order valence-electron chi connectivity index (χ4n) is 3.65. The molecule has 11 heteroatoms. The molecule has 8 nitrogen and oxygen atoms in total. The SMILES string of the molecule is COc1cccnc1[C@H]1[C@H](C(=O)Nc2ccnc(C(N)=O)c2)O[C@@](C)(C(F)(F)F)[C@H]1C. The molecule has 4 atom stereocenters. The van der Waals surface area contributed by atoms with Crippen LogP contribution in [0.5, 0.6) is 5.75 Å². The maximum Gasteiger partial charge on any atom is 0.417 e. The highest BCUT2D eigenvalue weighted by atomic mass is 19.4. The number of methoxy groups -OCH3 is 1. The van der Waals surface area contributed by atoms with Crippen LogP contribution in [0.1, 0.15) is 35.9 Å². The summed E-state index contributed by atoms with van der Waals surface area (Å²) in [6.45, 7) is 2.27. The van der Waals surface area contributed by atoms with Crippen molar-refractivity contribution in [1.82, 2.24) is 9.97 Å². The fourth-order valence-corrected chi connectivity index (χ4v) is 3.65. The van der Waals surface area contributed by atoms with Gasteiger partial charge in [0.05, 0.1) is 12.8 Å². The monoisotopic (exact) mass is 438 g/mol. The van der Waals surface area contributed by atoms with E-state index in [0.29, 0.717) is 0 Å². The number of primary amides is 1. The molecule has 2 aromatic heterocycles. The molecule has 1 aliphatic heterocycles. The van der Waals surface area contributed by atoms with E-state index < -0.39 is 41.5 Å². The number of nitrogens with one attached hydrogen (secondary N) is 1. The van der Waals surface area contributed by atoms with E-state index in [1.165, 1.54) is 38.6 Å². The number of alkyl halides is 3. The second-order valence-electron chi connectivity index (χ2n) is 7.33. The Balaban J connectivity index is 2.01. The first kappa shape index (κ1) is 22.5. The highest BCUT2D eigenvalue weighted by Crippen LogP contribution is 2.54. The third-order valence-electron chi connectivity index (χ3n) is 5.54. The molecule has 166 valence electrons. The van der Waals surface area contributed by atoms with Gasteiger partial charge in [-0.2, -0.15) is 13.2 Å². The van der Waals surface area contributed by atoms with Crippen LogP contribution < -0.4 is 15.8 Å². The van der Waals surface area contributed by atoms with Gasteiger partial charge in [0, 0.05) is 29.9 Å². The number of pyridine rings is 2. The molecule has 1 aliphatic rings. The van der Waals surface area contributed by atoms with Gasteiger partial charge in [0.15, 0.2) is 5.60 Å². The summed E-state index contributed by atoms with van der Waals surface area (Å²) in [6, 6.07) is 5.72. The van der Waals surface area contributed by atoms with Crippen molar-refractivity contribution in [1.29, 1.82) is 0 Å². The van der Waals surface area contributed by atoms with Gasteiger partial charge in [-0.05, 0) is 31.2 Å². The molecular weight excluding hydrogens is 417 g/mol. The van der Waals surface area contributed by atoms with Crippen LogP contribution in [0.2, 0.25) is 0 Å². The van der Waals surface area contributed by atoms with Crippen molar-refractivity contribution in [2.24, 2.45) is 11.7 Å². The molecule has 2 amide bonds. The summed E-state index contributed by atoms with van der Waals surface area (Å²) in [5.74, 6) is -3.63. The molecule has 31 heavy (non-hydrogen) atoms. The summed E-state index contributed by atoms with van der Waals surface area (Å²) in [5.41, 5.74) is 2.79. The zero-order valence-electron chi connectivity index (χ0n) is 16.9. The predicted octanol–water partition coefficient (Wildman–Crippen LogP) is 2.66. The highest BCUT2D eigenvalue weighted by molar-refractivity contribution is 5.97. The van der Waals surface area contributed by atoms with Crippen LogP contribution in [-0.4, -0.2) is 46.8 Å². The molecule has 3 N–H and O–H groups in total. The summed E-state index contributed by atoms with van der Waals surface area (Å²) in [5, 5.41) is 2.48. The first-order valence-corrected chi connectivity index (χ1v) is 9.29. The standard InChI is InChI=1S/C20H21F3N4O4/c1-10-14(15-13(30-3)5-4-7-26-15)16(31-19(10,2)20(21,22)23)18(29)27-11-6-8-25-12(9-11)17(24)28/h4-10,14,16H,1-3H3,(H2,24,28)(H,25,27,29)/t10-,14-,16+,19+/m0/s1. The Morgan fingerprint density at radius 1 is 1.26 bits per heavy atom. The lowest BCUT2D eigenvalue weighted by Gasteiger charge is -2.31. The van der Waals surface area contributed by atoms with Gasteiger partial charge in [-0.15, -0.1) is 0 Å². The van der Waals surface area contributed by atoms with Gasteiger partial charge in [-0.3, -0.25) is 19.6 Å². The minimum atomic E-state index is -4.74. The Kier molecular flexibility index (Phi) is 5.90. The average molecular weight is 438 g/mol. The third kappa shape index (κ3) is 4.05. The number of halogens is 3. The molecule has 3 rings (SSSR count). The fraction of sp³-hybridized carbons (Fsp3) is 0.400. The van der Waals surface area contributed by atoms with E-state index in [4.69, 9.17) is 15.2 Å². The van der Waals surface area contributed by atoms with Gasteiger partial charge in [-0.25, -0.2) is 0 Å². The van der Waals surface area contributed by atoms with Crippen LogP contribution in [0.15, 0.2) is 36.7 Å². The summed E-state index contributed by atoms with van der Waals surface area (Å²) >= 11 is 0. The van der Waals surface area contributed by atoms with E-state index in [9.17, 15) is 22.8 Å². The lowest BCUT2D eigenvalue weighted by atomic mass is 9.78. The normalized spacial score (nSPS) is 25.8. The number of aromatic nitrogens is 2. The van der Waals surface area contributed by atoms with Gasteiger partial charge in [0.25, 0.3) is 11.8 Å². The van der Waals surface area contributed by atoms with Gasteiger partial charge >= 0.3 is 6.18 Å². The number of carbonyl (C=O) groups excluding carboxylic acids is 2. The van der Waals surface area contributed by atoms with Crippen LogP contribution >= 0.6 is 0 Å². The van der Waals surface area contributed by atoms with Crippen LogP contribution in [0.3, 0.4) is 0 Å². The summed E-state index contributed by atoms with van der Waals surface area (Å²) in [6.07, 6.45) is -3.62. The molecular formula is C20H21F3N4O4. The summed E-state index contributed by atoms with van der Waals surface area (Å²) in [4.78, 5) is 32.3. The first-order valence-electron chi connectivity index (χ1n) is 9.29. The number of nitrogens with zero attached hydrogens (tertiary/aromatic N) is 2. The Hall–Kier alpha value is -3.21. The van der Waals surface area contributed by atoms with E-state index in [1.54, 1.807) is 12.1 Å². The molecule has 0 aliphatic carbocycles. The zero-order chi connectivity index (χ0) is 23.0. The lowest BCUT2D eigenvalue weighted by Crippen LogP contribution is -2.47. The highest BCUT2D eigenvalue weighted by Gasteiger charge is 2.66. The van der Waals surface area contributed by atoms with Crippen molar-refractivity contribution in [2.45, 2.75) is 37.6 Å². The number of nitrogens with two attached hydrogens (primary N) is 1. The molecule has 3 heterocycles. The Morgan fingerprint density at radius 2 is 1.97 bits per heavy atom. The number of anilines is 1. The van der Waals surface area contributed by atoms with Crippen LogP contribution in [0.25, 0.3) is 0 Å². The number of rotatable bonds is 5. The summed E-state index contributed by atoms with van der Waals surface area (Å²) < 4.78 is 52.3. The maximum absolute atomic E-state index is 13.9. The number of carbonyl (C=O) groups is 2. The minimum absolute atomic E-state index is 0.110. The number of hydrogen-bond donors (Lipinski definition) is 2. The molecule has 0 aromatic carbocycles. The van der Waals surface area contributed by atoms with Gasteiger partial charge in [-0.1, -0.05) is 6.92 Å². The molecule has 0 radical (unpaired) electrons. The second kappa shape index (κ2) is 8.14. The van der Waals surface area contributed by atoms with Gasteiger partial charge in [0.1, 0.15) is 17.5 Å². The molecule has 0 spiro atoms. The van der Waals surface area contributed by atoms with E-state index >= 15 is 0 Å². The number of hydrogen-bond acceptors (Lipinski definition) is 6. The van der Waals surface area contributed by atoms with E-state index in [0.717, 1.165) is 6.92 Å². The van der Waals surface area contributed by atoms with Crippen molar-refractivity contribution >= 4 is 17.5 Å². The van der Waals surface area contributed by atoms with Gasteiger partial charge < -0.3 is 20.5 Å². The van der Waals surface area contributed by atoms with Crippen molar-refractivity contribution in [3.63, 3.8) is 0 Å². The topological polar surface area (TPSA) is 116 Å². The van der Waals surface area contributed by atoms with Gasteiger partial charge in [0.2, 0.25) is 0 Å². The zero-order valence-corrected chi connectivity index (χ0v) is 16.9. The van der Waals surface area contributed by atoms with E-state index in [2.05, 4.69) is 15.3 Å². The molecule has 0 saturated carbocycles. The van der Waals surface area contributed by atoms with Crippen molar-refractivity contribution in [2.75, 3.05) is 12.4 Å². The van der Waals surface area contributed by atoms with E-state index in [-0.39, 0.29) is 22.8 Å². The molecule has 1 fully saturated rings. The van der Waals surface area contributed by atoms with Crippen molar-refractivity contribution in [3.8, 4) is 5.75 Å². The Bertz CT molecular complexity index is 1000. The average Bonchev–Trinajstić information content (AvgIpc) is 3.00. The smallest absolute Gasteiger partial charge is 0.417 e.